The Bertz CT molecular complexity index is 243. The van der Waals surface area contributed by atoms with Crippen LogP contribution in [0.2, 0.25) is 0 Å². The second kappa shape index (κ2) is 4.80. The van der Waals surface area contributed by atoms with E-state index in [1.54, 1.807) is 0 Å². The monoisotopic (exact) mass is 239 g/mol. The number of hydrogen-bond acceptors (Lipinski definition) is 0. The van der Waals surface area contributed by atoms with Crippen LogP contribution in [0.3, 0.4) is 0 Å². The second-order valence-electron chi connectivity index (χ2n) is 3.73. The average Bonchev–Trinajstić information content (AvgIpc) is 2.19. The van der Waals surface area contributed by atoms with Crippen molar-refractivity contribution in [1.82, 2.24) is 0 Å². The van der Waals surface area contributed by atoms with Crippen LogP contribution >= 0.6 is 15.9 Å². The number of alkyl halides is 1. The molecule has 13 heavy (non-hydrogen) atoms. The average molecular weight is 240 g/mol. The molecule has 0 aliphatic carbocycles. The minimum Gasteiger partial charge on any atom is -0.0919 e. The molecule has 1 unspecified atom stereocenters. The third-order valence-electron chi connectivity index (χ3n) is 2.51. The highest BCUT2D eigenvalue weighted by molar-refractivity contribution is 9.09. The highest BCUT2D eigenvalue weighted by Crippen LogP contribution is 2.30. The minimum atomic E-state index is 0.282. The topological polar surface area (TPSA) is 0 Å². The lowest BCUT2D eigenvalue weighted by Gasteiger charge is -2.27. The molecule has 0 heterocycles. The summed E-state index contributed by atoms with van der Waals surface area (Å²) < 4.78 is 0. The Morgan fingerprint density at radius 3 is 2.46 bits per heavy atom. The van der Waals surface area contributed by atoms with Crippen molar-refractivity contribution in [3.63, 3.8) is 0 Å². The van der Waals surface area contributed by atoms with Gasteiger partial charge in [0.1, 0.15) is 0 Å². The van der Waals surface area contributed by atoms with Gasteiger partial charge >= 0.3 is 0 Å². The molecule has 0 fully saturated rings. The fourth-order valence-corrected chi connectivity index (χ4v) is 2.23. The summed E-state index contributed by atoms with van der Waals surface area (Å²) in [6.45, 7) is 4.54. The Balaban J connectivity index is 2.89. The van der Waals surface area contributed by atoms with Gasteiger partial charge in [0.2, 0.25) is 0 Å². The predicted octanol–water partition coefficient (Wildman–Crippen LogP) is 3.94. The van der Waals surface area contributed by atoms with Crippen LogP contribution in [-0.2, 0) is 5.41 Å². The summed E-state index contributed by atoms with van der Waals surface area (Å²) in [7, 11) is 0. The number of halogens is 1. The molecule has 71 valence electrons. The zero-order valence-corrected chi connectivity index (χ0v) is 9.89. The Labute approximate surface area is 89.5 Å². The Morgan fingerprint density at radius 2 is 2.00 bits per heavy atom. The van der Waals surface area contributed by atoms with E-state index in [2.05, 4.69) is 48.0 Å². The van der Waals surface area contributed by atoms with Crippen molar-refractivity contribution < 1.29 is 0 Å². The first-order chi connectivity index (χ1) is 6.23. The summed E-state index contributed by atoms with van der Waals surface area (Å²) in [6, 6.07) is 11.4. The molecule has 0 N–H and O–H groups in total. The number of rotatable bonds is 4. The van der Waals surface area contributed by atoms with E-state index in [0.717, 1.165) is 5.33 Å². The molecule has 0 amide bonds. The van der Waals surface area contributed by atoms with E-state index in [1.807, 2.05) is 12.1 Å². The maximum atomic E-state index is 3.60. The normalized spacial score (nSPS) is 15.3. The van der Waals surface area contributed by atoms with Crippen LogP contribution in [0.1, 0.15) is 32.3 Å². The maximum Gasteiger partial charge on any atom is 0.0126 e. The van der Waals surface area contributed by atoms with Crippen LogP contribution in [0.15, 0.2) is 24.3 Å². The summed E-state index contributed by atoms with van der Waals surface area (Å²) in [4.78, 5) is 0. The summed E-state index contributed by atoms with van der Waals surface area (Å²) >= 11 is 3.60. The summed E-state index contributed by atoms with van der Waals surface area (Å²) in [5, 5.41) is 1.03. The van der Waals surface area contributed by atoms with Crippen LogP contribution in [0, 0.1) is 6.07 Å². The van der Waals surface area contributed by atoms with Crippen molar-refractivity contribution in [3.8, 4) is 0 Å². The zero-order chi connectivity index (χ0) is 9.73. The molecule has 1 rings (SSSR count). The minimum absolute atomic E-state index is 0.282. The van der Waals surface area contributed by atoms with Gasteiger partial charge in [-0.05, 0) is 18.1 Å². The first-order valence-electron chi connectivity index (χ1n) is 4.75. The maximum absolute atomic E-state index is 3.60. The second-order valence-corrected chi connectivity index (χ2v) is 4.29. The Kier molecular flexibility index (Phi) is 3.98. The number of benzene rings is 1. The van der Waals surface area contributed by atoms with Gasteiger partial charge in [-0.3, -0.25) is 0 Å². The number of hydrogen-bond donors (Lipinski definition) is 0. The van der Waals surface area contributed by atoms with Crippen molar-refractivity contribution in [1.29, 1.82) is 0 Å². The van der Waals surface area contributed by atoms with Crippen molar-refractivity contribution in [2.75, 3.05) is 5.33 Å². The molecule has 1 aromatic rings. The van der Waals surface area contributed by atoms with Gasteiger partial charge < -0.3 is 0 Å². The van der Waals surface area contributed by atoms with Gasteiger partial charge in [0.05, 0.1) is 0 Å². The molecule has 1 heteroatoms. The van der Waals surface area contributed by atoms with Gasteiger partial charge in [0, 0.05) is 10.7 Å². The first kappa shape index (κ1) is 10.8. The Morgan fingerprint density at radius 1 is 1.38 bits per heavy atom. The SMILES string of the molecule is CCCC(C)(CBr)c1cc[c]cc1. The summed E-state index contributed by atoms with van der Waals surface area (Å²) in [5.74, 6) is 0. The summed E-state index contributed by atoms with van der Waals surface area (Å²) in [5.41, 5.74) is 1.69. The predicted molar refractivity (Wildman–Crippen MR) is 61.3 cm³/mol. The lowest BCUT2D eigenvalue weighted by atomic mass is 9.81. The lowest BCUT2D eigenvalue weighted by molar-refractivity contribution is 0.485. The molecule has 0 nitrogen and oxygen atoms in total. The molecule has 0 aliphatic rings. The van der Waals surface area contributed by atoms with Gasteiger partial charge in [-0.15, -0.1) is 0 Å². The highest BCUT2D eigenvalue weighted by Gasteiger charge is 2.23. The molecule has 0 spiro atoms. The molecule has 1 radical (unpaired) electrons. The smallest absolute Gasteiger partial charge is 0.0126 e. The van der Waals surface area contributed by atoms with Crippen LogP contribution in [0.4, 0.5) is 0 Å². The van der Waals surface area contributed by atoms with Gasteiger partial charge in [-0.2, -0.15) is 0 Å². The third-order valence-corrected chi connectivity index (χ3v) is 3.75. The van der Waals surface area contributed by atoms with Crippen LogP contribution < -0.4 is 0 Å². The molecular formula is C12H16Br. The summed E-state index contributed by atoms with van der Waals surface area (Å²) in [6.07, 6.45) is 2.45. The van der Waals surface area contributed by atoms with Gasteiger partial charge in [-0.25, -0.2) is 0 Å². The third kappa shape index (κ3) is 2.57. The van der Waals surface area contributed by atoms with Crippen LogP contribution in [0.25, 0.3) is 0 Å². The van der Waals surface area contributed by atoms with Gasteiger partial charge in [0.25, 0.3) is 0 Å². The molecule has 0 aliphatic heterocycles. The van der Waals surface area contributed by atoms with E-state index in [1.165, 1.54) is 18.4 Å². The van der Waals surface area contributed by atoms with Crippen molar-refractivity contribution in [2.24, 2.45) is 0 Å². The van der Waals surface area contributed by atoms with E-state index in [0.29, 0.717) is 0 Å². The molecule has 0 saturated carbocycles. The van der Waals surface area contributed by atoms with Crippen LogP contribution in [0.5, 0.6) is 0 Å². The van der Waals surface area contributed by atoms with Crippen molar-refractivity contribution in [3.05, 3.63) is 35.9 Å². The van der Waals surface area contributed by atoms with E-state index in [-0.39, 0.29) is 5.41 Å². The van der Waals surface area contributed by atoms with Crippen LogP contribution in [-0.4, -0.2) is 5.33 Å². The van der Waals surface area contributed by atoms with E-state index >= 15 is 0 Å². The lowest BCUT2D eigenvalue weighted by Crippen LogP contribution is -2.23. The highest BCUT2D eigenvalue weighted by atomic mass is 79.9. The largest absolute Gasteiger partial charge is 0.0919 e. The van der Waals surface area contributed by atoms with Gasteiger partial charge in [-0.1, -0.05) is 60.5 Å². The van der Waals surface area contributed by atoms with Gasteiger partial charge in [0.15, 0.2) is 0 Å². The fourth-order valence-electron chi connectivity index (χ4n) is 1.63. The quantitative estimate of drug-likeness (QED) is 0.699. The molecule has 0 saturated heterocycles. The molecular weight excluding hydrogens is 224 g/mol. The molecule has 1 atom stereocenters. The molecule has 1 aromatic carbocycles. The zero-order valence-electron chi connectivity index (χ0n) is 8.31. The molecule has 0 aromatic heterocycles. The fraction of sp³-hybridized carbons (Fsp3) is 0.500. The van der Waals surface area contributed by atoms with E-state index in [9.17, 15) is 0 Å². The van der Waals surface area contributed by atoms with Crippen molar-refractivity contribution >= 4 is 15.9 Å². The standard InChI is InChI=1S/C12H16Br/c1-3-9-12(2,10-13)11-7-5-4-6-8-11/h5-8H,3,9-10H2,1-2H3. The van der Waals surface area contributed by atoms with E-state index < -0.39 is 0 Å². The van der Waals surface area contributed by atoms with E-state index in [4.69, 9.17) is 0 Å². The first-order valence-corrected chi connectivity index (χ1v) is 5.87. The molecule has 0 bridgehead atoms. The van der Waals surface area contributed by atoms with Crippen molar-refractivity contribution in [2.45, 2.75) is 32.1 Å². The Hall–Kier alpha value is -0.300.